The van der Waals surface area contributed by atoms with Crippen LogP contribution in [0.25, 0.3) is 6.08 Å². The van der Waals surface area contributed by atoms with Crippen LogP contribution in [-0.4, -0.2) is 21.0 Å². The van der Waals surface area contributed by atoms with Crippen molar-refractivity contribution in [3.8, 4) is 0 Å². The summed E-state index contributed by atoms with van der Waals surface area (Å²) in [5.74, 6) is 0. The molecule has 2 aromatic rings. The first-order chi connectivity index (χ1) is 10.5. The third-order valence-electron chi connectivity index (χ3n) is 3.69. The molecule has 0 saturated heterocycles. The van der Waals surface area contributed by atoms with Crippen molar-refractivity contribution in [1.82, 2.24) is 0 Å². The van der Waals surface area contributed by atoms with Gasteiger partial charge in [0.05, 0.1) is 5.60 Å². The average molecular weight is 311 g/mol. The van der Waals surface area contributed by atoms with Crippen LogP contribution in [-0.2, 0) is 4.74 Å². The molecule has 1 unspecified atom stereocenters. The van der Waals surface area contributed by atoms with Gasteiger partial charge in [-0.05, 0) is 32.4 Å². The van der Waals surface area contributed by atoms with E-state index in [9.17, 15) is 0 Å². The van der Waals surface area contributed by atoms with Crippen LogP contribution in [0.3, 0.4) is 0 Å². The molecule has 2 rings (SSSR count). The maximum Gasteiger partial charge on any atom is 0.105 e. The van der Waals surface area contributed by atoms with E-state index in [0.29, 0.717) is 0 Å². The summed E-state index contributed by atoms with van der Waals surface area (Å²) in [6.07, 6.45) is 1.92. The molecule has 0 radical (unpaired) electrons. The van der Waals surface area contributed by atoms with E-state index in [2.05, 4.69) is 81.9 Å². The van der Waals surface area contributed by atoms with Gasteiger partial charge in [0.1, 0.15) is 8.80 Å². The number of ether oxygens (including phenoxy) is 1. The standard InChI is InChI=1S/C20H26OSi/c1-5-17-10-9-13-19(16-17)22(15-14-21-20(2,3)4)18-11-7-6-8-12-18/h5-13,16,22H,1,14-15H2,2-4H3. The zero-order valence-corrected chi connectivity index (χ0v) is 15.0. The molecule has 0 aliphatic rings. The molecule has 0 aliphatic carbocycles. The third-order valence-corrected chi connectivity index (χ3v) is 6.86. The van der Waals surface area contributed by atoms with E-state index in [-0.39, 0.29) is 5.60 Å². The number of benzene rings is 2. The Morgan fingerprint density at radius 2 is 1.68 bits per heavy atom. The molecule has 0 aliphatic heterocycles. The molecular formula is C20H26OSi. The fourth-order valence-corrected chi connectivity index (χ4v) is 5.43. The molecule has 0 aromatic heterocycles. The first-order valence-electron chi connectivity index (χ1n) is 7.91. The van der Waals surface area contributed by atoms with Gasteiger partial charge < -0.3 is 4.74 Å². The van der Waals surface area contributed by atoms with E-state index in [1.165, 1.54) is 15.9 Å². The van der Waals surface area contributed by atoms with E-state index in [0.717, 1.165) is 12.7 Å². The predicted octanol–water partition coefficient (Wildman–Crippen LogP) is 3.49. The average Bonchev–Trinajstić information content (AvgIpc) is 2.51. The van der Waals surface area contributed by atoms with Gasteiger partial charge >= 0.3 is 0 Å². The minimum Gasteiger partial charge on any atom is -0.376 e. The third kappa shape index (κ3) is 4.97. The highest BCUT2D eigenvalue weighted by atomic mass is 28.3. The van der Waals surface area contributed by atoms with Crippen LogP contribution in [0.1, 0.15) is 26.3 Å². The Morgan fingerprint density at radius 1 is 1.00 bits per heavy atom. The first kappa shape index (κ1) is 16.7. The summed E-state index contributed by atoms with van der Waals surface area (Å²) >= 11 is 0. The van der Waals surface area contributed by atoms with Gasteiger partial charge in [0.15, 0.2) is 0 Å². The van der Waals surface area contributed by atoms with Crippen molar-refractivity contribution in [2.45, 2.75) is 32.4 Å². The van der Waals surface area contributed by atoms with Gasteiger partial charge in [-0.2, -0.15) is 0 Å². The van der Waals surface area contributed by atoms with Crippen molar-refractivity contribution in [2.75, 3.05) is 6.61 Å². The van der Waals surface area contributed by atoms with Crippen molar-refractivity contribution >= 4 is 25.2 Å². The van der Waals surface area contributed by atoms with E-state index < -0.39 is 8.80 Å². The summed E-state index contributed by atoms with van der Waals surface area (Å²) in [4.78, 5) is 0. The van der Waals surface area contributed by atoms with E-state index in [1.54, 1.807) is 0 Å². The monoisotopic (exact) mass is 310 g/mol. The lowest BCUT2D eigenvalue weighted by molar-refractivity contribution is 0.00526. The summed E-state index contributed by atoms with van der Waals surface area (Å²) in [7, 11) is -1.25. The van der Waals surface area contributed by atoms with Gasteiger partial charge in [-0.15, -0.1) is 0 Å². The van der Waals surface area contributed by atoms with E-state index >= 15 is 0 Å². The summed E-state index contributed by atoms with van der Waals surface area (Å²) < 4.78 is 5.97. The lowest BCUT2D eigenvalue weighted by atomic mass is 10.2. The molecule has 0 bridgehead atoms. The smallest absolute Gasteiger partial charge is 0.105 e. The minimum atomic E-state index is -1.25. The molecule has 0 amide bonds. The van der Waals surface area contributed by atoms with Crippen LogP contribution in [0.5, 0.6) is 0 Å². The Bertz CT molecular complexity index is 599. The predicted molar refractivity (Wildman–Crippen MR) is 99.9 cm³/mol. The van der Waals surface area contributed by atoms with Crippen LogP contribution < -0.4 is 10.4 Å². The van der Waals surface area contributed by atoms with Crippen molar-refractivity contribution in [3.05, 3.63) is 66.7 Å². The second kappa shape index (κ2) is 7.57. The van der Waals surface area contributed by atoms with Crippen LogP contribution in [0.2, 0.25) is 6.04 Å². The van der Waals surface area contributed by atoms with Gasteiger partial charge in [0, 0.05) is 6.61 Å². The minimum absolute atomic E-state index is 0.0708. The molecule has 1 atom stereocenters. The van der Waals surface area contributed by atoms with Gasteiger partial charge in [0.2, 0.25) is 0 Å². The lowest BCUT2D eigenvalue weighted by Crippen LogP contribution is -2.43. The molecule has 0 heterocycles. The van der Waals surface area contributed by atoms with Crippen LogP contribution >= 0.6 is 0 Å². The SMILES string of the molecule is C=Cc1cccc([SiH](CCOC(C)(C)C)c2ccccc2)c1. The van der Waals surface area contributed by atoms with Gasteiger partial charge in [0.25, 0.3) is 0 Å². The topological polar surface area (TPSA) is 9.23 Å². The Morgan fingerprint density at radius 3 is 2.32 bits per heavy atom. The van der Waals surface area contributed by atoms with Crippen molar-refractivity contribution in [3.63, 3.8) is 0 Å². The molecule has 1 nitrogen and oxygen atoms in total. The molecule has 0 N–H and O–H groups in total. The molecular weight excluding hydrogens is 284 g/mol. The van der Waals surface area contributed by atoms with E-state index in [1.807, 2.05) is 6.08 Å². The van der Waals surface area contributed by atoms with Crippen molar-refractivity contribution in [1.29, 1.82) is 0 Å². The summed E-state index contributed by atoms with van der Waals surface area (Å²) in [5.41, 5.74) is 1.13. The number of hydrogen-bond donors (Lipinski definition) is 0. The molecule has 0 saturated carbocycles. The largest absolute Gasteiger partial charge is 0.376 e. The zero-order chi connectivity index (χ0) is 16.0. The van der Waals surface area contributed by atoms with Crippen molar-refractivity contribution in [2.24, 2.45) is 0 Å². The molecule has 0 fully saturated rings. The fourth-order valence-electron chi connectivity index (χ4n) is 2.60. The molecule has 2 heteroatoms. The summed E-state index contributed by atoms with van der Waals surface area (Å²) in [6, 6.07) is 20.8. The molecule has 0 spiro atoms. The second-order valence-corrected chi connectivity index (χ2v) is 9.60. The zero-order valence-electron chi connectivity index (χ0n) is 13.9. The lowest BCUT2D eigenvalue weighted by Gasteiger charge is -2.22. The van der Waals surface area contributed by atoms with Crippen molar-refractivity contribution < 1.29 is 4.74 Å². The summed E-state index contributed by atoms with van der Waals surface area (Å²) in [5, 5.41) is 2.93. The normalized spacial score (nSPS) is 12.9. The molecule has 22 heavy (non-hydrogen) atoms. The van der Waals surface area contributed by atoms with Gasteiger partial charge in [-0.1, -0.05) is 77.6 Å². The Labute approximate surface area is 136 Å². The van der Waals surface area contributed by atoms with Crippen LogP contribution in [0.4, 0.5) is 0 Å². The maximum absolute atomic E-state index is 5.97. The maximum atomic E-state index is 5.97. The van der Waals surface area contributed by atoms with Gasteiger partial charge in [-0.3, -0.25) is 0 Å². The Balaban J connectivity index is 2.23. The fraction of sp³-hybridized carbons (Fsp3) is 0.300. The number of rotatable bonds is 6. The summed E-state index contributed by atoms with van der Waals surface area (Å²) in [6.45, 7) is 11.0. The quantitative estimate of drug-likeness (QED) is 0.742. The van der Waals surface area contributed by atoms with Gasteiger partial charge in [-0.25, -0.2) is 0 Å². The highest BCUT2D eigenvalue weighted by Crippen LogP contribution is 2.09. The highest BCUT2D eigenvalue weighted by Gasteiger charge is 2.18. The van der Waals surface area contributed by atoms with Crippen LogP contribution in [0, 0.1) is 0 Å². The molecule has 116 valence electrons. The number of hydrogen-bond acceptors (Lipinski definition) is 1. The molecule has 2 aromatic carbocycles. The second-order valence-electron chi connectivity index (χ2n) is 6.59. The van der Waals surface area contributed by atoms with E-state index in [4.69, 9.17) is 4.74 Å². The Kier molecular flexibility index (Phi) is 5.75. The highest BCUT2D eigenvalue weighted by molar-refractivity contribution is 6.85. The Hall–Kier alpha value is -1.64. The first-order valence-corrected chi connectivity index (χ1v) is 9.88. The van der Waals surface area contributed by atoms with Crippen LogP contribution in [0.15, 0.2) is 61.2 Å².